The largest absolute Gasteiger partial charge is 0.298 e. The molecule has 0 bridgehead atoms. The molecule has 0 heterocycles. The van der Waals surface area contributed by atoms with Crippen LogP contribution in [0.25, 0.3) is 0 Å². The van der Waals surface area contributed by atoms with Gasteiger partial charge in [-0.1, -0.05) is 45.8 Å². The summed E-state index contributed by atoms with van der Waals surface area (Å²) in [6, 6.07) is 0. The zero-order chi connectivity index (χ0) is 15.8. The first-order valence-electron chi connectivity index (χ1n) is 9.53. The van der Waals surface area contributed by atoms with Gasteiger partial charge in [-0.15, -0.1) is 0 Å². The molecule has 1 heteroatoms. The molecule has 3 fully saturated rings. The number of fused-ring (bicyclic) bond motifs is 5. The quantitative estimate of drug-likeness (QED) is 0.536. The summed E-state index contributed by atoms with van der Waals surface area (Å²) in [4.78, 5) is 13.0. The fourth-order valence-corrected chi connectivity index (χ4v) is 7.09. The van der Waals surface area contributed by atoms with E-state index in [9.17, 15) is 4.79 Å². The second-order valence-corrected chi connectivity index (χ2v) is 9.84. The fraction of sp³-hybridized carbons (Fsp3) is 0.857. The zero-order valence-corrected chi connectivity index (χ0v) is 14.9. The van der Waals surface area contributed by atoms with Crippen molar-refractivity contribution in [1.82, 2.24) is 0 Å². The number of ketones is 1. The zero-order valence-electron chi connectivity index (χ0n) is 14.9. The van der Waals surface area contributed by atoms with Gasteiger partial charge in [0.05, 0.1) is 0 Å². The van der Waals surface area contributed by atoms with Crippen molar-refractivity contribution in [2.75, 3.05) is 0 Å². The maximum Gasteiger partial charge on any atom is 0.144 e. The molecular formula is C21H32O. The molecule has 122 valence electrons. The van der Waals surface area contributed by atoms with E-state index in [0.717, 1.165) is 24.7 Å². The molecule has 0 spiro atoms. The van der Waals surface area contributed by atoms with Crippen LogP contribution in [0.5, 0.6) is 0 Å². The third-order valence-corrected chi connectivity index (χ3v) is 8.27. The molecule has 0 aromatic heterocycles. The Hall–Kier alpha value is -0.590. The van der Waals surface area contributed by atoms with Crippen molar-refractivity contribution >= 4 is 5.78 Å². The summed E-state index contributed by atoms with van der Waals surface area (Å²) >= 11 is 0. The molecular weight excluding hydrogens is 268 g/mol. The number of hydrogen-bond donors (Lipinski definition) is 0. The van der Waals surface area contributed by atoms with Gasteiger partial charge in [0.2, 0.25) is 0 Å². The van der Waals surface area contributed by atoms with Crippen molar-refractivity contribution in [3.05, 3.63) is 11.6 Å². The van der Waals surface area contributed by atoms with Crippen LogP contribution < -0.4 is 0 Å². The first kappa shape index (κ1) is 15.0. The van der Waals surface area contributed by atoms with Gasteiger partial charge in [-0.25, -0.2) is 0 Å². The number of Topliss-reactive ketones (excluding diaryl/α,β-unsaturated/α-hetero) is 1. The smallest absolute Gasteiger partial charge is 0.144 e. The molecule has 0 amide bonds. The Morgan fingerprint density at radius 1 is 1.00 bits per heavy atom. The predicted octanol–water partition coefficient (Wildman–Crippen LogP) is 5.54. The molecule has 5 atom stereocenters. The van der Waals surface area contributed by atoms with E-state index in [1.54, 1.807) is 5.57 Å². The summed E-state index contributed by atoms with van der Waals surface area (Å²) in [5.74, 6) is 2.79. The lowest BCUT2D eigenvalue weighted by atomic mass is 9.48. The molecule has 0 saturated heterocycles. The summed E-state index contributed by atoms with van der Waals surface area (Å²) in [6.45, 7) is 9.24. The molecule has 3 saturated carbocycles. The Morgan fingerprint density at radius 2 is 1.77 bits per heavy atom. The third-order valence-electron chi connectivity index (χ3n) is 8.27. The van der Waals surface area contributed by atoms with Crippen LogP contribution in [0.2, 0.25) is 0 Å². The van der Waals surface area contributed by atoms with Crippen molar-refractivity contribution in [3.63, 3.8) is 0 Å². The number of allylic oxidation sites excluding steroid dienone is 2. The fourth-order valence-electron chi connectivity index (χ4n) is 7.09. The van der Waals surface area contributed by atoms with Crippen LogP contribution in [0.4, 0.5) is 0 Å². The first-order valence-corrected chi connectivity index (χ1v) is 9.53. The second-order valence-electron chi connectivity index (χ2n) is 9.84. The molecule has 0 unspecified atom stereocenters. The molecule has 0 aromatic carbocycles. The van der Waals surface area contributed by atoms with Crippen LogP contribution in [0.3, 0.4) is 0 Å². The highest BCUT2D eigenvalue weighted by atomic mass is 16.1. The van der Waals surface area contributed by atoms with Crippen molar-refractivity contribution < 1.29 is 4.79 Å². The average Bonchev–Trinajstić information content (AvgIpc) is 2.66. The van der Waals surface area contributed by atoms with Gasteiger partial charge in [0.25, 0.3) is 0 Å². The Bertz CT molecular complexity index is 542. The van der Waals surface area contributed by atoms with E-state index >= 15 is 0 Å². The van der Waals surface area contributed by atoms with Gasteiger partial charge in [0.1, 0.15) is 5.78 Å². The maximum atomic E-state index is 13.0. The standard InChI is InChI=1S/C21H32O/c1-19(2)13-17-15-9-8-14-7-5-6-11-20(14,3)16(15)10-12-21(17,4)18(19)22/h8,15-17H,5-7,9-13H2,1-4H3/t15-,16-,17+,20+,21+/m1/s1. The maximum absolute atomic E-state index is 13.0. The van der Waals surface area contributed by atoms with Gasteiger partial charge in [-0.05, 0) is 68.1 Å². The minimum atomic E-state index is -0.0915. The highest BCUT2D eigenvalue weighted by molar-refractivity contribution is 5.92. The molecule has 1 nitrogen and oxygen atoms in total. The summed E-state index contributed by atoms with van der Waals surface area (Å²) in [5.41, 5.74) is 2.11. The number of carbonyl (C=O) groups is 1. The van der Waals surface area contributed by atoms with Crippen LogP contribution in [0, 0.1) is 34.0 Å². The summed E-state index contributed by atoms with van der Waals surface area (Å²) in [7, 11) is 0. The van der Waals surface area contributed by atoms with Gasteiger partial charge in [-0.3, -0.25) is 4.79 Å². The lowest BCUT2D eigenvalue weighted by molar-refractivity contribution is -0.136. The highest BCUT2D eigenvalue weighted by Gasteiger charge is 2.62. The van der Waals surface area contributed by atoms with Crippen LogP contribution >= 0.6 is 0 Å². The highest BCUT2D eigenvalue weighted by Crippen LogP contribution is 2.66. The van der Waals surface area contributed by atoms with Crippen molar-refractivity contribution in [2.45, 2.75) is 79.1 Å². The first-order chi connectivity index (χ1) is 10.3. The molecule has 0 radical (unpaired) electrons. The topological polar surface area (TPSA) is 17.1 Å². The monoisotopic (exact) mass is 300 g/mol. The molecule has 0 aliphatic heterocycles. The molecule has 22 heavy (non-hydrogen) atoms. The van der Waals surface area contributed by atoms with Crippen LogP contribution in [-0.2, 0) is 4.79 Å². The molecule has 4 aliphatic rings. The number of hydrogen-bond acceptors (Lipinski definition) is 1. The van der Waals surface area contributed by atoms with E-state index in [2.05, 4.69) is 33.8 Å². The Morgan fingerprint density at radius 3 is 2.55 bits per heavy atom. The minimum absolute atomic E-state index is 0.0267. The Kier molecular flexibility index (Phi) is 3.05. The number of rotatable bonds is 0. The van der Waals surface area contributed by atoms with Gasteiger partial charge < -0.3 is 0 Å². The second kappa shape index (κ2) is 4.48. The SMILES string of the molecule is CC1(C)C[C@H]2[C@@H]3CC=C4CCCC[C@]4(C)[C@@H]3CC[C@]2(C)C1=O. The van der Waals surface area contributed by atoms with Gasteiger partial charge in [-0.2, -0.15) is 0 Å². The van der Waals surface area contributed by atoms with Crippen molar-refractivity contribution in [3.8, 4) is 0 Å². The van der Waals surface area contributed by atoms with E-state index in [1.165, 1.54) is 38.5 Å². The van der Waals surface area contributed by atoms with Crippen LogP contribution in [0.15, 0.2) is 11.6 Å². The van der Waals surface area contributed by atoms with E-state index in [4.69, 9.17) is 0 Å². The normalized spacial score (nSPS) is 49.9. The molecule has 0 aromatic rings. The van der Waals surface area contributed by atoms with E-state index < -0.39 is 0 Å². The van der Waals surface area contributed by atoms with Crippen LogP contribution in [0.1, 0.15) is 79.1 Å². The summed E-state index contributed by atoms with van der Waals surface area (Å²) < 4.78 is 0. The van der Waals surface area contributed by atoms with Gasteiger partial charge >= 0.3 is 0 Å². The number of carbonyl (C=O) groups excluding carboxylic acids is 1. The molecule has 4 aliphatic carbocycles. The summed E-state index contributed by atoms with van der Waals surface area (Å²) in [6.07, 6.45) is 12.9. The van der Waals surface area contributed by atoms with Crippen LogP contribution in [-0.4, -0.2) is 5.78 Å². The van der Waals surface area contributed by atoms with Gasteiger partial charge in [0.15, 0.2) is 0 Å². The lowest BCUT2D eigenvalue weighted by Crippen LogP contribution is -2.49. The third kappa shape index (κ3) is 1.74. The van der Waals surface area contributed by atoms with E-state index in [0.29, 0.717) is 17.1 Å². The molecule has 4 rings (SSSR count). The average molecular weight is 300 g/mol. The van der Waals surface area contributed by atoms with Gasteiger partial charge in [0, 0.05) is 10.8 Å². The van der Waals surface area contributed by atoms with Crippen molar-refractivity contribution in [2.24, 2.45) is 34.0 Å². The van der Waals surface area contributed by atoms with E-state index in [1.807, 2.05) is 0 Å². The molecule has 0 N–H and O–H groups in total. The van der Waals surface area contributed by atoms with E-state index in [-0.39, 0.29) is 10.8 Å². The predicted molar refractivity (Wildman–Crippen MR) is 90.5 cm³/mol. The Balaban J connectivity index is 1.73. The summed E-state index contributed by atoms with van der Waals surface area (Å²) in [5, 5.41) is 0. The minimum Gasteiger partial charge on any atom is -0.298 e. The Labute approximate surface area is 135 Å². The lowest BCUT2D eigenvalue weighted by Gasteiger charge is -2.56. The van der Waals surface area contributed by atoms with Crippen molar-refractivity contribution in [1.29, 1.82) is 0 Å².